The minimum atomic E-state index is -1.18. The zero-order valence-electron chi connectivity index (χ0n) is 27.3. The molecule has 0 bridgehead atoms. The van der Waals surface area contributed by atoms with Crippen molar-refractivity contribution in [1.29, 1.82) is 0 Å². The minimum absolute atomic E-state index is 0.0611. The van der Waals surface area contributed by atoms with Gasteiger partial charge in [-0.1, -0.05) is 56.9 Å². The molecule has 44 heavy (non-hydrogen) atoms. The van der Waals surface area contributed by atoms with E-state index in [1.54, 1.807) is 39.8 Å². The van der Waals surface area contributed by atoms with Crippen molar-refractivity contribution in [2.75, 3.05) is 11.9 Å². The lowest BCUT2D eigenvalue weighted by Crippen LogP contribution is -2.53. The second-order valence-electron chi connectivity index (χ2n) is 12.4. The van der Waals surface area contributed by atoms with Crippen LogP contribution in [0.15, 0.2) is 36.4 Å². The Bertz CT molecular complexity index is 1280. The Balaban J connectivity index is 2.62. The number of primary amides is 1. The van der Waals surface area contributed by atoms with E-state index in [9.17, 15) is 24.3 Å². The topological polar surface area (TPSA) is 151 Å². The van der Waals surface area contributed by atoms with Gasteiger partial charge >= 0.3 is 6.09 Å². The fraction of sp³-hybridized carbons (Fsp3) is 0.529. The van der Waals surface area contributed by atoms with Crippen molar-refractivity contribution in [3.63, 3.8) is 0 Å². The van der Waals surface area contributed by atoms with E-state index in [2.05, 4.69) is 17.6 Å². The van der Waals surface area contributed by atoms with E-state index in [-0.39, 0.29) is 25.1 Å². The number of rotatable bonds is 15. The van der Waals surface area contributed by atoms with Crippen LogP contribution in [0.3, 0.4) is 0 Å². The molecule has 0 fully saturated rings. The summed E-state index contributed by atoms with van der Waals surface area (Å²) in [4.78, 5) is 54.7. The van der Waals surface area contributed by atoms with Crippen LogP contribution in [-0.4, -0.2) is 52.0 Å². The first-order valence-electron chi connectivity index (χ1n) is 15.4. The molecule has 0 aliphatic rings. The number of para-hydroxylation sites is 1. The van der Waals surface area contributed by atoms with Crippen LogP contribution in [0, 0.1) is 20.8 Å². The number of aromatic hydroxyl groups is 1. The molecule has 2 rings (SSSR count). The Morgan fingerprint density at radius 1 is 0.955 bits per heavy atom. The van der Waals surface area contributed by atoms with Crippen LogP contribution in [0.1, 0.15) is 101 Å². The summed E-state index contributed by atoms with van der Waals surface area (Å²) in [6.45, 7) is 12.9. The quantitative estimate of drug-likeness (QED) is 0.183. The normalized spacial score (nSPS) is 12.6. The molecule has 10 heteroatoms. The van der Waals surface area contributed by atoms with E-state index in [0.717, 1.165) is 36.8 Å². The lowest BCUT2D eigenvalue weighted by Gasteiger charge is -2.35. The van der Waals surface area contributed by atoms with E-state index in [1.165, 1.54) is 11.0 Å². The van der Waals surface area contributed by atoms with E-state index in [4.69, 9.17) is 10.5 Å². The van der Waals surface area contributed by atoms with Gasteiger partial charge in [-0.15, -0.1) is 0 Å². The SMILES string of the molecule is CCCCCCCN(C(=O)C(CCC(N)=O)NC(=O)OC(C)(C)C)C(C(=O)Nc1c(C)cccc1C)c1ccc(O)c(C)c1. The molecule has 0 radical (unpaired) electrons. The molecule has 5 N–H and O–H groups in total. The number of phenolic OH excluding ortho intramolecular Hbond substituents is 1. The van der Waals surface area contributed by atoms with Crippen molar-refractivity contribution in [2.45, 2.75) is 111 Å². The maximum atomic E-state index is 14.4. The highest BCUT2D eigenvalue weighted by Gasteiger charge is 2.36. The molecule has 2 aromatic carbocycles. The summed E-state index contributed by atoms with van der Waals surface area (Å²) in [6, 6.07) is 8.20. The first-order valence-corrected chi connectivity index (χ1v) is 15.4. The molecular weight excluding hydrogens is 560 g/mol. The van der Waals surface area contributed by atoms with Gasteiger partial charge in [-0.3, -0.25) is 14.4 Å². The number of nitrogens with zero attached hydrogens (tertiary/aromatic N) is 1. The van der Waals surface area contributed by atoms with Gasteiger partial charge in [-0.2, -0.15) is 0 Å². The van der Waals surface area contributed by atoms with Gasteiger partial charge in [0.2, 0.25) is 11.8 Å². The van der Waals surface area contributed by atoms with E-state index >= 15 is 0 Å². The summed E-state index contributed by atoms with van der Waals surface area (Å²) in [7, 11) is 0. The highest BCUT2D eigenvalue weighted by Crippen LogP contribution is 2.30. The molecule has 0 aliphatic carbocycles. The zero-order chi connectivity index (χ0) is 33.0. The fourth-order valence-electron chi connectivity index (χ4n) is 4.97. The van der Waals surface area contributed by atoms with Crippen molar-refractivity contribution in [1.82, 2.24) is 10.2 Å². The first-order chi connectivity index (χ1) is 20.6. The Morgan fingerprint density at radius 2 is 1.59 bits per heavy atom. The monoisotopic (exact) mass is 610 g/mol. The first kappa shape index (κ1) is 36.1. The molecule has 4 amide bonds. The van der Waals surface area contributed by atoms with Crippen molar-refractivity contribution >= 4 is 29.5 Å². The third kappa shape index (κ3) is 11.2. The largest absolute Gasteiger partial charge is 0.508 e. The molecule has 0 aromatic heterocycles. The number of amides is 4. The molecule has 0 spiro atoms. The van der Waals surface area contributed by atoms with Gasteiger partial charge in [0.15, 0.2) is 0 Å². The summed E-state index contributed by atoms with van der Waals surface area (Å²) in [5.41, 5.74) is 8.01. The molecule has 10 nitrogen and oxygen atoms in total. The number of phenols is 1. The van der Waals surface area contributed by atoms with Crippen molar-refractivity contribution < 1.29 is 29.0 Å². The van der Waals surface area contributed by atoms with E-state index in [1.807, 2.05) is 32.0 Å². The Hall–Kier alpha value is -4.08. The second kappa shape index (κ2) is 16.7. The third-order valence-corrected chi connectivity index (χ3v) is 7.28. The predicted octanol–water partition coefficient (Wildman–Crippen LogP) is 5.96. The van der Waals surface area contributed by atoms with Gasteiger partial charge in [-0.05, 0) is 88.8 Å². The van der Waals surface area contributed by atoms with Crippen LogP contribution < -0.4 is 16.4 Å². The highest BCUT2D eigenvalue weighted by molar-refractivity contribution is 6.00. The Labute approximate surface area is 261 Å². The molecule has 2 aromatic rings. The molecular formula is C34H50N4O6. The number of anilines is 1. The summed E-state index contributed by atoms with van der Waals surface area (Å²) in [5, 5.41) is 15.9. The summed E-state index contributed by atoms with van der Waals surface area (Å²) >= 11 is 0. The van der Waals surface area contributed by atoms with Crippen LogP contribution in [0.5, 0.6) is 5.75 Å². The lowest BCUT2D eigenvalue weighted by atomic mass is 9.98. The number of alkyl carbamates (subject to hydrolysis) is 1. The standard InChI is InChI=1S/C34H50N4O6/c1-8-9-10-11-12-20-38(32(42)26(17-19-28(35)40)36-33(43)44-34(5,6)7)30(25-16-18-27(39)24(4)21-25)31(41)37-29-22(2)14-13-15-23(29)3/h13-16,18,21,26,30,39H,8-12,17,19-20H2,1-7H3,(H2,35,40)(H,36,43)(H,37,41). The second-order valence-corrected chi connectivity index (χ2v) is 12.4. The minimum Gasteiger partial charge on any atom is -0.508 e. The van der Waals surface area contributed by atoms with Crippen molar-refractivity contribution in [3.05, 3.63) is 58.7 Å². The van der Waals surface area contributed by atoms with Crippen LogP contribution in [0.2, 0.25) is 0 Å². The van der Waals surface area contributed by atoms with Gasteiger partial charge in [0.05, 0.1) is 0 Å². The fourth-order valence-corrected chi connectivity index (χ4v) is 4.97. The van der Waals surface area contributed by atoms with Gasteiger partial charge in [0.1, 0.15) is 23.4 Å². The number of benzene rings is 2. The number of hydrogen-bond acceptors (Lipinski definition) is 6. The molecule has 0 saturated carbocycles. The summed E-state index contributed by atoms with van der Waals surface area (Å²) < 4.78 is 5.41. The molecule has 0 aliphatic heterocycles. The molecule has 0 heterocycles. The number of carbonyl (C=O) groups excluding carboxylic acids is 4. The molecule has 2 atom stereocenters. The maximum absolute atomic E-state index is 14.4. The maximum Gasteiger partial charge on any atom is 0.408 e. The zero-order valence-corrected chi connectivity index (χ0v) is 27.3. The predicted molar refractivity (Wildman–Crippen MR) is 172 cm³/mol. The van der Waals surface area contributed by atoms with Crippen molar-refractivity contribution in [2.24, 2.45) is 5.73 Å². The molecule has 242 valence electrons. The number of carbonyl (C=O) groups is 4. The average molecular weight is 611 g/mol. The highest BCUT2D eigenvalue weighted by atomic mass is 16.6. The third-order valence-electron chi connectivity index (χ3n) is 7.28. The number of hydrogen-bond donors (Lipinski definition) is 4. The van der Waals surface area contributed by atoms with Crippen molar-refractivity contribution in [3.8, 4) is 5.75 Å². The van der Waals surface area contributed by atoms with E-state index < -0.39 is 41.5 Å². The van der Waals surface area contributed by atoms with Crippen LogP contribution >= 0.6 is 0 Å². The smallest absolute Gasteiger partial charge is 0.408 e. The lowest BCUT2D eigenvalue weighted by molar-refractivity contribution is -0.141. The van der Waals surface area contributed by atoms with Gasteiger partial charge < -0.3 is 31.1 Å². The van der Waals surface area contributed by atoms with Crippen LogP contribution in [0.4, 0.5) is 10.5 Å². The summed E-state index contributed by atoms with van der Waals surface area (Å²) in [6.07, 6.45) is 3.47. The van der Waals surface area contributed by atoms with E-state index in [0.29, 0.717) is 23.2 Å². The van der Waals surface area contributed by atoms with Crippen LogP contribution in [0.25, 0.3) is 0 Å². The molecule has 2 unspecified atom stereocenters. The number of nitrogens with one attached hydrogen (secondary N) is 2. The Kier molecular flexibility index (Phi) is 13.7. The number of unbranched alkanes of at least 4 members (excludes halogenated alkanes) is 4. The Morgan fingerprint density at radius 3 is 2.16 bits per heavy atom. The number of ether oxygens (including phenoxy) is 1. The van der Waals surface area contributed by atoms with Gasteiger partial charge in [0, 0.05) is 18.7 Å². The molecule has 0 saturated heterocycles. The van der Waals surface area contributed by atoms with Crippen LogP contribution in [-0.2, 0) is 19.1 Å². The number of aryl methyl sites for hydroxylation is 3. The average Bonchev–Trinajstić information content (AvgIpc) is 2.92. The van der Waals surface area contributed by atoms with Gasteiger partial charge in [0.25, 0.3) is 5.91 Å². The summed E-state index contributed by atoms with van der Waals surface area (Å²) in [5.74, 6) is -1.55. The number of nitrogens with two attached hydrogens (primary N) is 1. The van der Waals surface area contributed by atoms with Gasteiger partial charge in [-0.25, -0.2) is 4.79 Å².